The number of ether oxygens (including phenoxy) is 1. The average Bonchev–Trinajstić information content (AvgIpc) is 2.39. The Morgan fingerprint density at radius 3 is 2.61 bits per heavy atom. The number of esters is 1. The Balaban J connectivity index is 2.35. The van der Waals surface area contributed by atoms with Gasteiger partial charge in [0.2, 0.25) is 0 Å². The summed E-state index contributed by atoms with van der Waals surface area (Å²) in [6.45, 7) is 5.01. The van der Waals surface area contributed by atoms with Crippen LogP contribution in [-0.2, 0) is 9.53 Å². The lowest BCUT2D eigenvalue weighted by molar-refractivity contribution is -0.143. The number of benzene rings is 1. The summed E-state index contributed by atoms with van der Waals surface area (Å²) in [5.74, 6) is -0.144. The first-order valence-corrected chi connectivity index (χ1v) is 7.42. The molecule has 1 aromatic carbocycles. The lowest BCUT2D eigenvalue weighted by Crippen LogP contribution is -2.22. The molecular weight excluding hydrogens is 246 g/mol. The Morgan fingerprint density at radius 1 is 1.39 bits per heavy atom. The lowest BCUT2D eigenvalue weighted by Gasteiger charge is -2.14. The molecule has 0 heterocycles. The monoisotopic (exact) mass is 267 g/mol. The van der Waals surface area contributed by atoms with Gasteiger partial charge in [-0.05, 0) is 37.8 Å². The Bertz CT molecular complexity index is 365. The molecule has 0 saturated carbocycles. The topological polar surface area (TPSA) is 38.3 Å². The second-order valence-corrected chi connectivity index (χ2v) is 4.88. The van der Waals surface area contributed by atoms with Crippen molar-refractivity contribution in [1.29, 1.82) is 0 Å². The predicted octanol–water partition coefficient (Wildman–Crippen LogP) is 3.01. The van der Waals surface area contributed by atoms with Crippen LogP contribution in [0, 0.1) is 0 Å². The van der Waals surface area contributed by atoms with Crippen molar-refractivity contribution in [2.75, 3.05) is 19.4 Å². The zero-order chi connectivity index (χ0) is 13.4. The molecular formula is C14H21NO2S. The van der Waals surface area contributed by atoms with E-state index in [1.165, 1.54) is 10.5 Å². The standard InChI is InChI=1S/C14H21NO2S/c1-4-17-14(16)9-10-15-11(2)12-5-7-13(18-3)8-6-12/h5-8,11,15H,4,9-10H2,1-3H3. The quantitative estimate of drug-likeness (QED) is 0.609. The largest absolute Gasteiger partial charge is 0.466 e. The maximum atomic E-state index is 11.2. The SMILES string of the molecule is CCOC(=O)CCNC(C)c1ccc(SC)cc1. The van der Waals surface area contributed by atoms with E-state index in [-0.39, 0.29) is 12.0 Å². The predicted molar refractivity (Wildman–Crippen MR) is 75.9 cm³/mol. The molecule has 0 radical (unpaired) electrons. The minimum absolute atomic E-state index is 0.144. The fourth-order valence-corrected chi connectivity index (χ4v) is 2.04. The van der Waals surface area contributed by atoms with Gasteiger partial charge in [-0.25, -0.2) is 0 Å². The molecule has 0 aromatic heterocycles. The smallest absolute Gasteiger partial charge is 0.307 e. The van der Waals surface area contributed by atoms with Gasteiger partial charge in [-0.1, -0.05) is 12.1 Å². The van der Waals surface area contributed by atoms with Crippen molar-refractivity contribution in [1.82, 2.24) is 5.32 Å². The molecule has 1 N–H and O–H groups in total. The van der Waals surface area contributed by atoms with Gasteiger partial charge in [-0.15, -0.1) is 11.8 Å². The summed E-state index contributed by atoms with van der Waals surface area (Å²) >= 11 is 1.73. The zero-order valence-electron chi connectivity index (χ0n) is 11.2. The zero-order valence-corrected chi connectivity index (χ0v) is 12.0. The first kappa shape index (κ1) is 15.1. The van der Waals surface area contributed by atoms with E-state index in [0.29, 0.717) is 19.6 Å². The highest BCUT2D eigenvalue weighted by molar-refractivity contribution is 7.98. The molecule has 0 saturated heterocycles. The normalized spacial score (nSPS) is 12.2. The van der Waals surface area contributed by atoms with E-state index in [1.807, 2.05) is 6.92 Å². The van der Waals surface area contributed by atoms with Crippen molar-refractivity contribution < 1.29 is 9.53 Å². The van der Waals surface area contributed by atoms with Crippen molar-refractivity contribution in [2.24, 2.45) is 0 Å². The Labute approximate surface area is 113 Å². The number of nitrogens with one attached hydrogen (secondary N) is 1. The van der Waals surface area contributed by atoms with Gasteiger partial charge in [0.1, 0.15) is 0 Å². The van der Waals surface area contributed by atoms with Gasteiger partial charge in [-0.2, -0.15) is 0 Å². The molecule has 0 aliphatic rings. The van der Waals surface area contributed by atoms with E-state index in [1.54, 1.807) is 11.8 Å². The molecule has 0 aliphatic heterocycles. The van der Waals surface area contributed by atoms with E-state index in [0.717, 1.165) is 0 Å². The molecule has 1 rings (SSSR count). The molecule has 4 heteroatoms. The van der Waals surface area contributed by atoms with Crippen LogP contribution in [0.2, 0.25) is 0 Å². The van der Waals surface area contributed by atoms with Crippen molar-refractivity contribution in [2.45, 2.75) is 31.2 Å². The summed E-state index contributed by atoms with van der Waals surface area (Å²) < 4.78 is 4.88. The molecule has 0 fully saturated rings. The molecule has 0 bridgehead atoms. The van der Waals surface area contributed by atoms with Gasteiger partial charge in [-0.3, -0.25) is 4.79 Å². The Morgan fingerprint density at radius 2 is 2.06 bits per heavy atom. The fraction of sp³-hybridized carbons (Fsp3) is 0.500. The summed E-state index contributed by atoms with van der Waals surface area (Å²) in [4.78, 5) is 12.4. The number of hydrogen-bond donors (Lipinski definition) is 1. The van der Waals surface area contributed by atoms with Crippen LogP contribution in [0.5, 0.6) is 0 Å². The summed E-state index contributed by atoms with van der Waals surface area (Å²) in [5, 5.41) is 3.32. The third-order valence-electron chi connectivity index (χ3n) is 2.70. The molecule has 100 valence electrons. The Hall–Kier alpha value is -1.00. The van der Waals surface area contributed by atoms with Gasteiger partial charge in [0.05, 0.1) is 13.0 Å². The Kier molecular flexibility index (Phi) is 6.83. The molecule has 0 amide bonds. The van der Waals surface area contributed by atoms with Gasteiger partial charge in [0.25, 0.3) is 0 Å². The van der Waals surface area contributed by atoms with Crippen LogP contribution in [0.25, 0.3) is 0 Å². The first-order chi connectivity index (χ1) is 8.67. The molecule has 1 unspecified atom stereocenters. The molecule has 3 nitrogen and oxygen atoms in total. The van der Waals surface area contributed by atoms with Gasteiger partial charge >= 0.3 is 5.97 Å². The highest BCUT2D eigenvalue weighted by atomic mass is 32.2. The van der Waals surface area contributed by atoms with Crippen molar-refractivity contribution in [3.05, 3.63) is 29.8 Å². The van der Waals surface area contributed by atoms with E-state index in [9.17, 15) is 4.79 Å². The van der Waals surface area contributed by atoms with E-state index < -0.39 is 0 Å². The maximum absolute atomic E-state index is 11.2. The third-order valence-corrected chi connectivity index (χ3v) is 3.44. The van der Waals surface area contributed by atoms with Gasteiger partial charge in [0.15, 0.2) is 0 Å². The van der Waals surface area contributed by atoms with Crippen LogP contribution in [0.15, 0.2) is 29.2 Å². The van der Waals surface area contributed by atoms with E-state index >= 15 is 0 Å². The van der Waals surface area contributed by atoms with Crippen LogP contribution in [0.4, 0.5) is 0 Å². The summed E-state index contributed by atoms with van der Waals surface area (Å²) in [6, 6.07) is 8.71. The van der Waals surface area contributed by atoms with Crippen LogP contribution in [0.3, 0.4) is 0 Å². The third kappa shape index (κ3) is 5.10. The van der Waals surface area contributed by atoms with Crippen LogP contribution >= 0.6 is 11.8 Å². The second-order valence-electron chi connectivity index (χ2n) is 4.00. The summed E-state index contributed by atoms with van der Waals surface area (Å²) in [5.41, 5.74) is 1.23. The average molecular weight is 267 g/mol. The van der Waals surface area contributed by atoms with E-state index in [2.05, 4.69) is 42.8 Å². The fourth-order valence-electron chi connectivity index (χ4n) is 1.63. The van der Waals surface area contributed by atoms with Crippen molar-refractivity contribution in [3.63, 3.8) is 0 Å². The number of rotatable bonds is 7. The number of carbonyl (C=O) groups is 1. The molecule has 0 spiro atoms. The molecule has 1 atom stereocenters. The number of carbonyl (C=O) groups excluding carboxylic acids is 1. The van der Waals surface area contributed by atoms with Gasteiger partial charge in [0, 0.05) is 17.5 Å². The first-order valence-electron chi connectivity index (χ1n) is 6.20. The van der Waals surface area contributed by atoms with Crippen LogP contribution < -0.4 is 5.32 Å². The highest BCUT2D eigenvalue weighted by Gasteiger charge is 2.06. The van der Waals surface area contributed by atoms with Gasteiger partial charge < -0.3 is 10.1 Å². The minimum atomic E-state index is -0.144. The number of thioether (sulfide) groups is 1. The summed E-state index contributed by atoms with van der Waals surface area (Å²) in [7, 11) is 0. The van der Waals surface area contributed by atoms with E-state index in [4.69, 9.17) is 4.74 Å². The second kappa shape index (κ2) is 8.16. The maximum Gasteiger partial charge on any atom is 0.307 e. The summed E-state index contributed by atoms with van der Waals surface area (Å²) in [6.07, 6.45) is 2.48. The van der Waals surface area contributed by atoms with Crippen molar-refractivity contribution in [3.8, 4) is 0 Å². The minimum Gasteiger partial charge on any atom is -0.466 e. The van der Waals surface area contributed by atoms with Crippen molar-refractivity contribution >= 4 is 17.7 Å². The van der Waals surface area contributed by atoms with Crippen LogP contribution in [0.1, 0.15) is 31.9 Å². The molecule has 1 aromatic rings. The number of hydrogen-bond acceptors (Lipinski definition) is 4. The molecule has 18 heavy (non-hydrogen) atoms. The lowest BCUT2D eigenvalue weighted by atomic mass is 10.1. The highest BCUT2D eigenvalue weighted by Crippen LogP contribution is 2.18. The molecule has 0 aliphatic carbocycles. The van der Waals surface area contributed by atoms with Crippen LogP contribution in [-0.4, -0.2) is 25.4 Å².